The van der Waals surface area contributed by atoms with Crippen LogP contribution in [0, 0.1) is 0 Å². The highest BCUT2D eigenvalue weighted by Crippen LogP contribution is 2.23. The smallest absolute Gasteiger partial charge is 0.573 e. The number of halogens is 3. The third kappa shape index (κ3) is 5.70. The number of ether oxygens (including phenoxy) is 1. The van der Waals surface area contributed by atoms with E-state index in [4.69, 9.17) is 0 Å². The molecule has 3 aromatic rings. The fourth-order valence-corrected chi connectivity index (χ4v) is 2.33. The van der Waals surface area contributed by atoms with Crippen LogP contribution >= 0.6 is 0 Å². The highest BCUT2D eigenvalue weighted by molar-refractivity contribution is 5.90. The first-order valence-corrected chi connectivity index (χ1v) is 8.26. The molecule has 0 amide bonds. The van der Waals surface area contributed by atoms with E-state index in [1.54, 1.807) is 60.9 Å². The molecule has 1 aromatic heterocycles. The second-order valence-corrected chi connectivity index (χ2v) is 5.73. The molecule has 0 aliphatic rings. The van der Waals surface area contributed by atoms with Crippen LogP contribution in [0.1, 0.15) is 16.7 Å². The van der Waals surface area contributed by atoms with Crippen LogP contribution in [0.3, 0.4) is 0 Å². The zero-order valence-corrected chi connectivity index (χ0v) is 14.5. The van der Waals surface area contributed by atoms with Crippen LogP contribution in [-0.2, 0) is 0 Å². The molecule has 0 bridgehead atoms. The van der Waals surface area contributed by atoms with Crippen molar-refractivity contribution in [3.63, 3.8) is 0 Å². The van der Waals surface area contributed by atoms with E-state index in [-0.39, 0.29) is 11.6 Å². The minimum atomic E-state index is -4.71. The summed E-state index contributed by atoms with van der Waals surface area (Å²) in [6.07, 6.45) is 2.16. The molecule has 0 saturated heterocycles. The first-order chi connectivity index (χ1) is 13.4. The van der Waals surface area contributed by atoms with E-state index < -0.39 is 6.36 Å². The summed E-state index contributed by atoms with van der Waals surface area (Å²) in [7, 11) is 0. The van der Waals surface area contributed by atoms with Crippen LogP contribution in [0.15, 0.2) is 84.2 Å². The summed E-state index contributed by atoms with van der Waals surface area (Å²) >= 11 is 0. The maximum atomic E-state index is 12.2. The lowest BCUT2D eigenvalue weighted by molar-refractivity contribution is -0.681. The highest BCUT2D eigenvalue weighted by Gasteiger charge is 2.30. The number of rotatable bonds is 5. The predicted molar refractivity (Wildman–Crippen MR) is 97.1 cm³/mol. The average molecular weight is 384 g/mol. The van der Waals surface area contributed by atoms with Gasteiger partial charge < -0.3 is 9.84 Å². The van der Waals surface area contributed by atoms with Crippen molar-refractivity contribution >= 4 is 18.0 Å². The summed E-state index contributed by atoms with van der Waals surface area (Å²) < 4.78 is 41.7. The molecule has 1 heterocycles. The summed E-state index contributed by atoms with van der Waals surface area (Å²) in [4.78, 5) is 0. The molecule has 2 aromatic carbocycles. The number of hydrogen-bond donors (Lipinski definition) is 0. The first-order valence-electron chi connectivity index (χ1n) is 8.26. The molecule has 3 rings (SSSR count). The Bertz CT molecular complexity index is 965. The maximum absolute atomic E-state index is 12.2. The van der Waals surface area contributed by atoms with Gasteiger partial charge in [0.25, 0.3) is 0 Å². The molecule has 28 heavy (non-hydrogen) atoms. The van der Waals surface area contributed by atoms with Crippen molar-refractivity contribution in [2.24, 2.45) is 5.10 Å². The molecule has 0 aliphatic carbocycles. The van der Waals surface area contributed by atoms with Gasteiger partial charge in [-0.25, -0.2) is 0 Å². The summed E-state index contributed by atoms with van der Waals surface area (Å²) in [6.45, 7) is 0. The van der Waals surface area contributed by atoms with Crippen molar-refractivity contribution in [1.82, 2.24) is 0 Å². The van der Waals surface area contributed by atoms with E-state index in [1.807, 2.05) is 6.07 Å². The Morgan fingerprint density at radius 1 is 0.857 bits per heavy atom. The molecule has 0 fully saturated rings. The van der Waals surface area contributed by atoms with Gasteiger partial charge in [-0.3, -0.25) is 0 Å². The van der Waals surface area contributed by atoms with Crippen LogP contribution in [0.4, 0.5) is 13.2 Å². The molecule has 0 aliphatic heterocycles. The van der Waals surface area contributed by atoms with Gasteiger partial charge in [0.2, 0.25) is 12.4 Å². The Balaban J connectivity index is 1.66. The largest absolute Gasteiger partial charge is 0.854 e. The van der Waals surface area contributed by atoms with Gasteiger partial charge in [0.05, 0.1) is 5.90 Å². The van der Waals surface area contributed by atoms with Crippen LogP contribution in [0.25, 0.3) is 12.2 Å². The van der Waals surface area contributed by atoms with Crippen molar-refractivity contribution in [2.45, 2.75) is 6.36 Å². The number of alkyl halides is 3. The molecular weight excluding hydrogens is 369 g/mol. The lowest BCUT2D eigenvalue weighted by Gasteiger charge is -2.08. The fourth-order valence-electron chi connectivity index (χ4n) is 2.33. The molecule has 7 heteroatoms. The topological polar surface area (TPSA) is 48.5 Å². The van der Waals surface area contributed by atoms with Crippen molar-refractivity contribution in [2.75, 3.05) is 0 Å². The van der Waals surface area contributed by atoms with E-state index in [0.717, 1.165) is 5.56 Å². The number of nitrogens with zero attached hydrogens (tertiary/aromatic N) is 2. The van der Waals surface area contributed by atoms with Gasteiger partial charge in [0.1, 0.15) is 5.75 Å². The Kier molecular flexibility index (Phi) is 5.74. The summed E-state index contributed by atoms with van der Waals surface area (Å²) in [5.41, 5.74) is 1.99. The molecule has 0 saturated carbocycles. The van der Waals surface area contributed by atoms with E-state index in [0.29, 0.717) is 11.1 Å². The van der Waals surface area contributed by atoms with Gasteiger partial charge in [-0.05, 0) is 33.9 Å². The molecule has 4 nitrogen and oxygen atoms in total. The zero-order valence-electron chi connectivity index (χ0n) is 14.5. The van der Waals surface area contributed by atoms with E-state index in [9.17, 15) is 18.3 Å². The van der Waals surface area contributed by atoms with Crippen LogP contribution in [0.2, 0.25) is 0 Å². The predicted octanol–water partition coefficient (Wildman–Crippen LogP) is 3.61. The van der Waals surface area contributed by atoms with Gasteiger partial charge in [0.15, 0.2) is 0 Å². The molecule has 0 atom stereocenters. The van der Waals surface area contributed by atoms with Gasteiger partial charge in [0, 0.05) is 12.1 Å². The highest BCUT2D eigenvalue weighted by atomic mass is 19.4. The maximum Gasteiger partial charge on any atom is 0.573 e. The molecule has 142 valence electrons. The number of benzene rings is 2. The second kappa shape index (κ2) is 8.39. The van der Waals surface area contributed by atoms with Gasteiger partial charge in [-0.1, -0.05) is 59.3 Å². The number of pyridine rings is 1. The molecule has 0 radical (unpaired) electrons. The second-order valence-electron chi connectivity index (χ2n) is 5.73. The zero-order chi connectivity index (χ0) is 20.0. The lowest BCUT2D eigenvalue weighted by atomic mass is 10.1. The summed E-state index contributed by atoms with van der Waals surface area (Å²) in [6, 6.07) is 17.7. The summed E-state index contributed by atoms with van der Waals surface area (Å²) in [5, 5.41) is 16.1. The lowest BCUT2D eigenvalue weighted by Crippen LogP contribution is -2.33. The van der Waals surface area contributed by atoms with E-state index in [1.165, 1.54) is 28.9 Å². The van der Waals surface area contributed by atoms with Crippen molar-refractivity contribution in [3.8, 4) is 5.75 Å². The molecule has 0 N–H and O–H groups in total. The van der Waals surface area contributed by atoms with Gasteiger partial charge >= 0.3 is 6.36 Å². The molecule has 0 spiro atoms. The minimum absolute atomic E-state index is 0.271. The van der Waals surface area contributed by atoms with Gasteiger partial charge in [-0.15, -0.1) is 13.2 Å². The average Bonchev–Trinajstić information content (AvgIpc) is 2.67. The normalized spacial score (nSPS) is 12.3. The number of aromatic nitrogens is 1. The van der Waals surface area contributed by atoms with Crippen molar-refractivity contribution in [1.29, 1.82) is 0 Å². The Labute approximate surface area is 159 Å². The SMILES string of the molecule is [O-]C(=N[n+]1ccccc1)c1ccc(/C=C/c2ccc(OC(F)(F)F)cc2)cc1. The molecular formula is C21H15F3N2O2. The van der Waals surface area contributed by atoms with Crippen molar-refractivity contribution in [3.05, 3.63) is 95.8 Å². The fraction of sp³-hybridized carbons (Fsp3) is 0.0476. The standard InChI is InChI=1S/C21H15F3N2O2/c22-21(23,24)28-19-12-8-17(9-13-19)5-4-16-6-10-18(11-7-16)20(27)25-26-14-2-1-3-15-26/h1-15H/b5-4+. The Morgan fingerprint density at radius 2 is 1.39 bits per heavy atom. The first kappa shape index (κ1) is 19.2. The van der Waals surface area contributed by atoms with Crippen molar-refractivity contribution < 1.29 is 27.7 Å². The third-order valence-electron chi connectivity index (χ3n) is 3.65. The quantitative estimate of drug-likeness (QED) is 0.292. The van der Waals surface area contributed by atoms with E-state index in [2.05, 4.69) is 9.84 Å². The minimum Gasteiger partial charge on any atom is -0.854 e. The Morgan fingerprint density at radius 3 is 1.93 bits per heavy atom. The molecule has 0 unspecified atom stereocenters. The van der Waals surface area contributed by atoms with Gasteiger partial charge in [-0.2, -0.15) is 0 Å². The van der Waals surface area contributed by atoms with Crippen LogP contribution in [0.5, 0.6) is 5.75 Å². The summed E-state index contributed by atoms with van der Waals surface area (Å²) in [5.74, 6) is -0.639. The third-order valence-corrected chi connectivity index (χ3v) is 3.65. The van der Waals surface area contributed by atoms with E-state index >= 15 is 0 Å². The van der Waals surface area contributed by atoms with Crippen LogP contribution in [-0.4, -0.2) is 12.3 Å². The number of hydrogen-bond acceptors (Lipinski definition) is 3. The van der Waals surface area contributed by atoms with Crippen LogP contribution < -0.4 is 14.5 Å². The Hall–Kier alpha value is -3.61. The monoisotopic (exact) mass is 384 g/mol.